The van der Waals surface area contributed by atoms with Gasteiger partial charge in [-0.3, -0.25) is 4.99 Å². The van der Waals surface area contributed by atoms with Crippen molar-refractivity contribution in [2.45, 2.75) is 45.6 Å². The summed E-state index contributed by atoms with van der Waals surface area (Å²) in [4.78, 5) is 4.53. The van der Waals surface area contributed by atoms with Gasteiger partial charge in [0.25, 0.3) is 0 Å². The molecule has 25 heavy (non-hydrogen) atoms. The zero-order valence-electron chi connectivity index (χ0n) is 15.3. The van der Waals surface area contributed by atoms with E-state index in [1.165, 1.54) is 0 Å². The minimum absolute atomic E-state index is 0. The largest absolute Gasteiger partial charge is 0.490 e. The van der Waals surface area contributed by atoms with Gasteiger partial charge in [0.1, 0.15) is 0 Å². The molecule has 3 N–H and O–H groups in total. The molecule has 0 saturated heterocycles. The van der Waals surface area contributed by atoms with Gasteiger partial charge in [-0.1, -0.05) is 13.8 Å². The van der Waals surface area contributed by atoms with E-state index in [4.69, 9.17) is 9.47 Å². The first-order valence-corrected chi connectivity index (χ1v) is 8.77. The maximum atomic E-state index is 10.4. The molecule has 0 atom stereocenters. The zero-order chi connectivity index (χ0) is 17.4. The smallest absolute Gasteiger partial charge is 0.195 e. The predicted molar refractivity (Wildman–Crippen MR) is 113 cm³/mol. The van der Waals surface area contributed by atoms with Gasteiger partial charge in [0.05, 0.1) is 25.4 Å². The molecule has 0 aromatic heterocycles. The summed E-state index contributed by atoms with van der Waals surface area (Å²) in [7, 11) is 0. The van der Waals surface area contributed by atoms with Crippen molar-refractivity contribution in [3.05, 3.63) is 18.2 Å². The number of benzene rings is 1. The number of aliphatic imine (C=N–C) groups is 1. The van der Waals surface area contributed by atoms with Gasteiger partial charge in [0, 0.05) is 24.7 Å². The second-order valence-electron chi connectivity index (χ2n) is 5.96. The molecule has 7 heteroatoms. The summed E-state index contributed by atoms with van der Waals surface area (Å²) in [6, 6.07) is 5.76. The molecule has 1 heterocycles. The lowest BCUT2D eigenvalue weighted by Crippen LogP contribution is -2.35. The number of ether oxygens (including phenoxy) is 2. The first-order chi connectivity index (χ1) is 11.6. The van der Waals surface area contributed by atoms with Crippen LogP contribution in [0.15, 0.2) is 23.2 Å². The molecule has 0 bridgehead atoms. The average Bonchev–Trinajstić information content (AvgIpc) is 2.84. The molecule has 1 aliphatic heterocycles. The van der Waals surface area contributed by atoms with Gasteiger partial charge in [-0.15, -0.1) is 24.0 Å². The fourth-order valence-corrected chi connectivity index (χ4v) is 2.38. The minimum atomic E-state index is -0.757. The van der Waals surface area contributed by atoms with Crippen LogP contribution in [0.4, 0.5) is 5.69 Å². The summed E-state index contributed by atoms with van der Waals surface area (Å²) in [6.45, 7) is 8.40. The van der Waals surface area contributed by atoms with Crippen molar-refractivity contribution in [1.82, 2.24) is 5.32 Å². The van der Waals surface area contributed by atoms with Crippen LogP contribution >= 0.6 is 24.0 Å². The number of hydrogen-bond donors (Lipinski definition) is 3. The summed E-state index contributed by atoms with van der Waals surface area (Å²) in [5.74, 6) is 2.16. The van der Waals surface area contributed by atoms with Gasteiger partial charge in [-0.25, -0.2) is 0 Å². The lowest BCUT2D eigenvalue weighted by molar-refractivity contribution is 0.0419. The lowest BCUT2D eigenvalue weighted by atomic mass is 9.98. The van der Waals surface area contributed by atoms with Gasteiger partial charge >= 0.3 is 0 Å². The number of nitrogens with zero attached hydrogens (tertiary/aromatic N) is 1. The van der Waals surface area contributed by atoms with E-state index < -0.39 is 5.60 Å². The Bertz CT molecular complexity index is 562. The van der Waals surface area contributed by atoms with Crippen LogP contribution < -0.4 is 20.1 Å². The third-order valence-corrected chi connectivity index (χ3v) is 4.20. The average molecular weight is 463 g/mol. The maximum absolute atomic E-state index is 10.4. The predicted octanol–water partition coefficient (Wildman–Crippen LogP) is 3.39. The molecule has 0 radical (unpaired) electrons. The number of rotatable bonds is 6. The molecule has 0 unspecified atom stereocenters. The highest BCUT2D eigenvalue weighted by atomic mass is 127. The van der Waals surface area contributed by atoms with Crippen LogP contribution in [0.3, 0.4) is 0 Å². The van der Waals surface area contributed by atoms with Crippen LogP contribution in [-0.2, 0) is 0 Å². The van der Waals surface area contributed by atoms with Crippen LogP contribution in [0.2, 0.25) is 0 Å². The number of guanidine groups is 1. The highest BCUT2D eigenvalue weighted by Gasteiger charge is 2.21. The number of anilines is 1. The Kier molecular flexibility index (Phi) is 9.34. The molecule has 0 amide bonds. The van der Waals surface area contributed by atoms with E-state index in [1.54, 1.807) is 0 Å². The SMILES string of the molecule is CCNC(=NCC(O)(CC)CC)Nc1ccc2c(c1)OCCCO2.I. The minimum Gasteiger partial charge on any atom is -0.490 e. The fraction of sp³-hybridized carbons (Fsp3) is 0.611. The maximum Gasteiger partial charge on any atom is 0.195 e. The Morgan fingerprint density at radius 3 is 2.48 bits per heavy atom. The molecule has 0 spiro atoms. The van der Waals surface area contributed by atoms with E-state index in [9.17, 15) is 5.11 Å². The van der Waals surface area contributed by atoms with Crippen molar-refractivity contribution in [3.63, 3.8) is 0 Å². The Balaban J connectivity index is 0.00000312. The monoisotopic (exact) mass is 463 g/mol. The highest BCUT2D eigenvalue weighted by Crippen LogP contribution is 2.32. The van der Waals surface area contributed by atoms with E-state index in [0.717, 1.165) is 30.2 Å². The standard InChI is InChI=1S/C18H29N3O3.HI/c1-4-18(22,5-2)13-20-17(19-6-3)21-14-8-9-15-16(12-14)24-11-7-10-23-15;/h8-9,12,22H,4-7,10-11,13H2,1-3H3,(H2,19,20,21);1H. The molecule has 1 aromatic rings. The van der Waals surface area contributed by atoms with Gasteiger partial charge in [-0.2, -0.15) is 0 Å². The van der Waals surface area contributed by atoms with Gasteiger partial charge in [0.15, 0.2) is 17.5 Å². The van der Waals surface area contributed by atoms with E-state index in [1.807, 2.05) is 39.0 Å². The lowest BCUT2D eigenvalue weighted by Gasteiger charge is -2.23. The number of halogens is 1. The zero-order valence-corrected chi connectivity index (χ0v) is 17.6. The third-order valence-electron chi connectivity index (χ3n) is 4.20. The van der Waals surface area contributed by atoms with E-state index in [2.05, 4.69) is 15.6 Å². The Morgan fingerprint density at radius 1 is 1.16 bits per heavy atom. The van der Waals surface area contributed by atoms with Crippen molar-refractivity contribution in [3.8, 4) is 11.5 Å². The second-order valence-corrected chi connectivity index (χ2v) is 5.96. The Labute approximate surface area is 167 Å². The molecule has 0 saturated carbocycles. The Morgan fingerprint density at radius 2 is 1.84 bits per heavy atom. The van der Waals surface area contributed by atoms with Gasteiger partial charge in [0.2, 0.25) is 0 Å². The van der Waals surface area contributed by atoms with Crippen molar-refractivity contribution in [1.29, 1.82) is 0 Å². The molecule has 1 aromatic carbocycles. The summed E-state index contributed by atoms with van der Waals surface area (Å²) in [5.41, 5.74) is 0.114. The summed E-state index contributed by atoms with van der Waals surface area (Å²) >= 11 is 0. The van der Waals surface area contributed by atoms with E-state index in [-0.39, 0.29) is 24.0 Å². The van der Waals surface area contributed by atoms with Crippen molar-refractivity contribution < 1.29 is 14.6 Å². The molecule has 6 nitrogen and oxygen atoms in total. The number of aliphatic hydroxyl groups is 1. The topological polar surface area (TPSA) is 75.1 Å². The Hall–Kier alpha value is -1.22. The molecule has 0 aliphatic carbocycles. The second kappa shape index (κ2) is 10.7. The van der Waals surface area contributed by atoms with E-state index in [0.29, 0.717) is 38.6 Å². The van der Waals surface area contributed by atoms with Crippen LogP contribution in [0, 0.1) is 0 Å². The highest BCUT2D eigenvalue weighted by molar-refractivity contribution is 14.0. The number of hydrogen-bond acceptors (Lipinski definition) is 4. The summed E-state index contributed by atoms with van der Waals surface area (Å²) in [6.07, 6.45) is 2.24. The summed E-state index contributed by atoms with van der Waals surface area (Å²) in [5, 5.41) is 16.9. The van der Waals surface area contributed by atoms with Crippen LogP contribution in [-0.4, -0.2) is 43.0 Å². The fourth-order valence-electron chi connectivity index (χ4n) is 2.38. The molecule has 0 fully saturated rings. The molecule has 142 valence electrons. The summed E-state index contributed by atoms with van der Waals surface area (Å²) < 4.78 is 11.4. The molecular weight excluding hydrogens is 433 g/mol. The van der Waals surface area contributed by atoms with Gasteiger partial charge in [-0.05, 0) is 31.9 Å². The number of fused-ring (bicyclic) bond motifs is 1. The molecule has 2 rings (SSSR count). The van der Waals surface area contributed by atoms with Gasteiger partial charge < -0.3 is 25.2 Å². The first-order valence-electron chi connectivity index (χ1n) is 8.77. The quantitative estimate of drug-likeness (QED) is 0.343. The van der Waals surface area contributed by atoms with Crippen molar-refractivity contribution in [2.24, 2.45) is 4.99 Å². The third kappa shape index (κ3) is 6.54. The van der Waals surface area contributed by atoms with Crippen LogP contribution in [0.5, 0.6) is 11.5 Å². The van der Waals surface area contributed by atoms with Crippen molar-refractivity contribution >= 4 is 35.6 Å². The van der Waals surface area contributed by atoms with E-state index >= 15 is 0 Å². The number of nitrogens with one attached hydrogen (secondary N) is 2. The molecular formula is C18H30IN3O3. The van der Waals surface area contributed by atoms with Crippen LogP contribution in [0.1, 0.15) is 40.0 Å². The molecule has 1 aliphatic rings. The first kappa shape index (κ1) is 21.8. The van der Waals surface area contributed by atoms with Crippen molar-refractivity contribution in [2.75, 3.05) is 31.6 Å². The van der Waals surface area contributed by atoms with Crippen LogP contribution in [0.25, 0.3) is 0 Å². The normalized spacial score (nSPS) is 14.3.